The zero-order valence-corrected chi connectivity index (χ0v) is 24.6. The van der Waals surface area contributed by atoms with Crippen molar-refractivity contribution >= 4 is 44.6 Å². The number of hydrogen-bond acceptors (Lipinski definition) is 8. The van der Waals surface area contributed by atoms with E-state index >= 15 is 0 Å². The summed E-state index contributed by atoms with van der Waals surface area (Å²) in [6, 6.07) is 17.7. The first-order chi connectivity index (χ1) is 19.2. The maximum absolute atomic E-state index is 13.5. The Morgan fingerprint density at radius 1 is 0.927 bits per heavy atom. The van der Waals surface area contributed by atoms with Gasteiger partial charge in [-0.05, 0) is 59.9 Å². The molecule has 5 N–H and O–H groups in total. The van der Waals surface area contributed by atoms with E-state index < -0.39 is 15.9 Å². The van der Waals surface area contributed by atoms with E-state index in [-0.39, 0.29) is 28.5 Å². The Balaban J connectivity index is 1.61. The molecule has 0 aliphatic carbocycles. The van der Waals surface area contributed by atoms with Crippen molar-refractivity contribution in [3.8, 4) is 5.75 Å². The number of aryl methyl sites for hydroxylation is 1. The van der Waals surface area contributed by atoms with Crippen LogP contribution in [0.5, 0.6) is 5.75 Å². The molecule has 12 heteroatoms. The largest absolute Gasteiger partial charge is 0.492 e. The second-order valence-corrected chi connectivity index (χ2v) is 12.4. The van der Waals surface area contributed by atoms with Gasteiger partial charge in [0.25, 0.3) is 11.8 Å². The van der Waals surface area contributed by atoms with Crippen LogP contribution >= 0.6 is 0 Å². The second kappa shape index (κ2) is 11.5. The van der Waals surface area contributed by atoms with E-state index in [0.717, 1.165) is 17.4 Å². The van der Waals surface area contributed by atoms with Crippen molar-refractivity contribution in [2.24, 2.45) is 0 Å². The van der Waals surface area contributed by atoms with Crippen molar-refractivity contribution in [1.82, 2.24) is 11.0 Å². The number of amides is 2. The molecule has 0 bridgehead atoms. The number of benzene rings is 3. The molecular formula is C29H34N6O5S. The van der Waals surface area contributed by atoms with E-state index in [1.807, 2.05) is 45.9 Å². The molecule has 0 saturated heterocycles. The first-order valence-corrected chi connectivity index (χ1v) is 14.7. The number of hydrazine groups is 2. The number of para-hydroxylation sites is 1. The van der Waals surface area contributed by atoms with E-state index in [9.17, 15) is 18.0 Å². The van der Waals surface area contributed by atoms with E-state index in [1.165, 1.54) is 7.11 Å². The van der Waals surface area contributed by atoms with Gasteiger partial charge in [0, 0.05) is 11.3 Å². The lowest BCUT2D eigenvalue weighted by molar-refractivity contribution is -0.113. The van der Waals surface area contributed by atoms with Gasteiger partial charge in [0.05, 0.1) is 36.6 Å². The number of carbonyl (C=O) groups excluding carboxylic acids is 2. The zero-order chi connectivity index (χ0) is 29.9. The Labute approximate surface area is 240 Å². The predicted octanol–water partition coefficient (Wildman–Crippen LogP) is 4.23. The number of nitrogens with one attached hydrogen (secondary N) is 5. The molecule has 3 aromatic carbocycles. The average Bonchev–Trinajstić information content (AvgIpc) is 3.38. The van der Waals surface area contributed by atoms with Crippen LogP contribution in [0.25, 0.3) is 0 Å². The highest BCUT2D eigenvalue weighted by molar-refractivity contribution is 7.92. The highest BCUT2D eigenvalue weighted by atomic mass is 32.2. The lowest BCUT2D eigenvalue weighted by atomic mass is 9.86. The molecule has 0 atom stereocenters. The lowest BCUT2D eigenvalue weighted by Crippen LogP contribution is -2.38. The van der Waals surface area contributed by atoms with Crippen LogP contribution in [-0.4, -0.2) is 33.6 Å². The highest BCUT2D eigenvalue weighted by Gasteiger charge is 2.24. The van der Waals surface area contributed by atoms with Crippen LogP contribution in [-0.2, 0) is 20.2 Å². The van der Waals surface area contributed by atoms with Gasteiger partial charge in [0.2, 0.25) is 10.0 Å². The van der Waals surface area contributed by atoms with Gasteiger partial charge in [0.1, 0.15) is 5.70 Å². The molecule has 0 aromatic heterocycles. The molecule has 4 rings (SSSR count). The minimum absolute atomic E-state index is 0.187. The molecule has 0 unspecified atom stereocenters. The predicted molar refractivity (Wildman–Crippen MR) is 161 cm³/mol. The first kappa shape index (κ1) is 29.4. The summed E-state index contributed by atoms with van der Waals surface area (Å²) in [5, 5.41) is 7.30. The number of carbonyl (C=O) groups is 2. The van der Waals surface area contributed by atoms with Crippen molar-refractivity contribution in [3.05, 3.63) is 89.3 Å². The van der Waals surface area contributed by atoms with Gasteiger partial charge in [0.15, 0.2) is 5.75 Å². The minimum atomic E-state index is -3.61. The number of ether oxygens (including phenoxy) is 1. The van der Waals surface area contributed by atoms with E-state index in [0.29, 0.717) is 22.6 Å². The summed E-state index contributed by atoms with van der Waals surface area (Å²) >= 11 is 0. The van der Waals surface area contributed by atoms with Crippen molar-refractivity contribution in [2.45, 2.75) is 33.1 Å². The Bertz CT molecular complexity index is 1610. The summed E-state index contributed by atoms with van der Waals surface area (Å²) in [7, 11) is -2.21. The SMILES string of the molecule is COc1c(NC(=O)c2ccc(C)c(N3C=C(C(=O)Nc4ccccc4)NN3)c2)cc(C(C)(C)C)cc1NS(C)(=O)=O. The fraction of sp³-hybridized carbons (Fsp3) is 0.241. The quantitative estimate of drug-likeness (QED) is 0.267. The number of nitrogens with zero attached hydrogens (tertiary/aromatic N) is 1. The Hall–Kier alpha value is -4.55. The molecule has 0 radical (unpaired) electrons. The van der Waals surface area contributed by atoms with Crippen LogP contribution in [0.15, 0.2) is 72.6 Å². The molecule has 1 aliphatic rings. The van der Waals surface area contributed by atoms with E-state index in [1.54, 1.807) is 53.7 Å². The lowest BCUT2D eigenvalue weighted by Gasteiger charge is -2.24. The van der Waals surface area contributed by atoms with Gasteiger partial charge in [-0.15, -0.1) is 5.53 Å². The fourth-order valence-corrected chi connectivity index (χ4v) is 4.69. The van der Waals surface area contributed by atoms with Crippen molar-refractivity contribution < 1.29 is 22.7 Å². The molecule has 2 amide bonds. The third-order valence-corrected chi connectivity index (χ3v) is 6.87. The summed E-state index contributed by atoms with van der Waals surface area (Å²) in [5.74, 6) is -0.576. The maximum Gasteiger partial charge on any atom is 0.274 e. The number of rotatable bonds is 8. The summed E-state index contributed by atoms with van der Waals surface area (Å²) < 4.78 is 32.1. The van der Waals surface area contributed by atoms with Crippen LogP contribution in [0, 0.1) is 6.92 Å². The summed E-state index contributed by atoms with van der Waals surface area (Å²) in [4.78, 5) is 26.2. The zero-order valence-electron chi connectivity index (χ0n) is 23.7. The molecule has 1 aliphatic heterocycles. The molecule has 0 fully saturated rings. The molecule has 3 aromatic rings. The van der Waals surface area contributed by atoms with Gasteiger partial charge in [-0.2, -0.15) is 0 Å². The van der Waals surface area contributed by atoms with Crippen LogP contribution in [0.2, 0.25) is 0 Å². The highest BCUT2D eigenvalue weighted by Crippen LogP contribution is 2.39. The van der Waals surface area contributed by atoms with E-state index in [4.69, 9.17) is 4.74 Å². The van der Waals surface area contributed by atoms with Gasteiger partial charge >= 0.3 is 0 Å². The average molecular weight is 579 g/mol. The smallest absolute Gasteiger partial charge is 0.274 e. The van der Waals surface area contributed by atoms with Gasteiger partial charge in [-0.25, -0.2) is 8.42 Å². The molecule has 11 nitrogen and oxygen atoms in total. The first-order valence-electron chi connectivity index (χ1n) is 12.8. The Morgan fingerprint density at radius 3 is 2.24 bits per heavy atom. The summed E-state index contributed by atoms with van der Waals surface area (Å²) in [5.41, 5.74) is 9.55. The normalized spacial score (nSPS) is 13.2. The maximum atomic E-state index is 13.5. The van der Waals surface area contributed by atoms with Crippen LogP contribution in [0.3, 0.4) is 0 Å². The fourth-order valence-electron chi connectivity index (χ4n) is 4.13. The van der Waals surface area contributed by atoms with Gasteiger partial charge in [-0.1, -0.05) is 45.0 Å². The number of sulfonamides is 1. The monoisotopic (exact) mass is 578 g/mol. The van der Waals surface area contributed by atoms with Gasteiger partial charge < -0.3 is 15.4 Å². The number of methoxy groups -OCH3 is 1. The molecular weight excluding hydrogens is 544 g/mol. The topological polar surface area (TPSA) is 141 Å². The molecule has 216 valence electrons. The third-order valence-electron chi connectivity index (χ3n) is 6.28. The second-order valence-electron chi connectivity index (χ2n) is 10.7. The third kappa shape index (κ3) is 7.16. The number of hydrogen-bond donors (Lipinski definition) is 5. The Kier molecular flexibility index (Phi) is 8.27. The standard InChI is InChI=1S/C29H34N6O5S/c1-18-12-13-19(14-25(18)35-17-24(32-34-35)28(37)30-21-10-8-7-9-11-21)27(36)31-22-15-20(29(2,3)4)16-23(26(22)40-5)33-41(6,38)39/h7-17,32-34H,1-6H3,(H,30,37)(H,31,36). The summed E-state index contributed by atoms with van der Waals surface area (Å²) in [6.45, 7) is 7.83. The molecule has 0 spiro atoms. The van der Waals surface area contributed by atoms with Crippen molar-refractivity contribution in [3.63, 3.8) is 0 Å². The van der Waals surface area contributed by atoms with Crippen LogP contribution in [0.1, 0.15) is 42.3 Å². The van der Waals surface area contributed by atoms with Crippen LogP contribution in [0.4, 0.5) is 22.7 Å². The molecule has 1 heterocycles. The number of anilines is 4. The van der Waals surface area contributed by atoms with Gasteiger partial charge in [-0.3, -0.25) is 24.7 Å². The Morgan fingerprint density at radius 2 is 1.61 bits per heavy atom. The molecule has 41 heavy (non-hydrogen) atoms. The minimum Gasteiger partial charge on any atom is -0.492 e. The van der Waals surface area contributed by atoms with Crippen LogP contribution < -0.4 is 36.1 Å². The summed E-state index contributed by atoms with van der Waals surface area (Å²) in [6.07, 6.45) is 2.65. The van der Waals surface area contributed by atoms with Crippen molar-refractivity contribution in [2.75, 3.05) is 33.7 Å². The van der Waals surface area contributed by atoms with Crippen molar-refractivity contribution in [1.29, 1.82) is 0 Å². The van der Waals surface area contributed by atoms with E-state index in [2.05, 4.69) is 26.3 Å². The molecule has 0 saturated carbocycles.